The van der Waals surface area contributed by atoms with E-state index in [1.165, 1.54) is 22.2 Å². The molecule has 6 heteroatoms. The summed E-state index contributed by atoms with van der Waals surface area (Å²) in [6.45, 7) is 2.41. The molecule has 0 spiro atoms. The van der Waals surface area contributed by atoms with E-state index >= 15 is 0 Å². The maximum absolute atomic E-state index is 12.4. The first-order valence-electron chi connectivity index (χ1n) is 8.33. The molecule has 2 aromatic carbocycles. The lowest BCUT2D eigenvalue weighted by Gasteiger charge is -2.13. The number of rotatable bonds is 5. The number of aryl methyl sites for hydroxylation is 1. The third-order valence-corrected chi connectivity index (χ3v) is 5.26. The van der Waals surface area contributed by atoms with Crippen molar-refractivity contribution in [1.29, 1.82) is 0 Å². The average Bonchev–Trinajstić information content (AvgIpc) is 3.21. The summed E-state index contributed by atoms with van der Waals surface area (Å²) in [6.07, 6.45) is 3.67. The standard InChI is InChI=1S/C20H17N3O2S/c1-14-5-4-6-15(13-14)22-10-9-21-20(22)26-12-11-23-18(24)16-7-2-3-8-17(16)19(23)25/h2-10,13H,11-12H2,1H3. The molecule has 0 saturated carbocycles. The first-order valence-corrected chi connectivity index (χ1v) is 9.32. The molecule has 1 aliphatic heterocycles. The summed E-state index contributed by atoms with van der Waals surface area (Å²) in [5.74, 6) is 0.162. The van der Waals surface area contributed by atoms with Gasteiger partial charge < -0.3 is 0 Å². The van der Waals surface area contributed by atoms with Crippen molar-refractivity contribution in [1.82, 2.24) is 14.5 Å². The Balaban J connectivity index is 1.45. The van der Waals surface area contributed by atoms with Crippen molar-refractivity contribution in [3.8, 4) is 5.69 Å². The van der Waals surface area contributed by atoms with Crippen LogP contribution < -0.4 is 0 Å². The molecule has 0 atom stereocenters. The third kappa shape index (κ3) is 2.93. The van der Waals surface area contributed by atoms with Crippen LogP contribution in [0.3, 0.4) is 0 Å². The zero-order valence-corrected chi connectivity index (χ0v) is 15.1. The molecule has 1 aliphatic rings. The van der Waals surface area contributed by atoms with E-state index in [1.807, 2.05) is 22.9 Å². The van der Waals surface area contributed by atoms with Crippen molar-refractivity contribution >= 4 is 23.6 Å². The lowest BCUT2D eigenvalue weighted by Crippen LogP contribution is -2.31. The fraction of sp³-hybridized carbons (Fsp3) is 0.150. The molecule has 0 aliphatic carbocycles. The number of nitrogens with zero attached hydrogens (tertiary/aromatic N) is 3. The molecule has 0 saturated heterocycles. The van der Waals surface area contributed by atoms with E-state index in [0.717, 1.165) is 10.8 Å². The Bertz CT molecular complexity index is 961. The van der Waals surface area contributed by atoms with Crippen LogP contribution in [0.25, 0.3) is 5.69 Å². The third-order valence-electron chi connectivity index (χ3n) is 4.31. The summed E-state index contributed by atoms with van der Waals surface area (Å²) < 4.78 is 2.01. The van der Waals surface area contributed by atoms with Crippen LogP contribution in [-0.4, -0.2) is 38.6 Å². The molecular formula is C20H17N3O2S. The van der Waals surface area contributed by atoms with Crippen molar-refractivity contribution < 1.29 is 9.59 Å². The van der Waals surface area contributed by atoms with E-state index in [4.69, 9.17) is 0 Å². The van der Waals surface area contributed by atoms with Crippen molar-refractivity contribution in [2.45, 2.75) is 12.1 Å². The maximum Gasteiger partial charge on any atom is 0.261 e. The predicted molar refractivity (Wildman–Crippen MR) is 101 cm³/mol. The molecule has 0 fully saturated rings. The van der Waals surface area contributed by atoms with Crippen molar-refractivity contribution in [2.75, 3.05) is 12.3 Å². The molecule has 3 aromatic rings. The fourth-order valence-corrected chi connectivity index (χ4v) is 3.94. The van der Waals surface area contributed by atoms with Gasteiger partial charge in [-0.25, -0.2) is 4.98 Å². The Morgan fingerprint density at radius 2 is 1.73 bits per heavy atom. The Hall–Kier alpha value is -2.86. The number of imidazole rings is 1. The summed E-state index contributed by atoms with van der Waals surface area (Å²) in [7, 11) is 0. The van der Waals surface area contributed by atoms with Gasteiger partial charge in [-0.1, -0.05) is 36.0 Å². The minimum atomic E-state index is -0.215. The van der Waals surface area contributed by atoms with Gasteiger partial charge in [0.15, 0.2) is 5.16 Å². The number of hydrogen-bond donors (Lipinski definition) is 0. The molecule has 130 valence electrons. The molecule has 2 heterocycles. The Kier molecular flexibility index (Phi) is 4.34. The van der Waals surface area contributed by atoms with Gasteiger partial charge in [0.25, 0.3) is 11.8 Å². The minimum Gasteiger partial charge on any atom is -0.295 e. The van der Waals surface area contributed by atoms with Gasteiger partial charge in [-0.15, -0.1) is 0 Å². The number of imide groups is 1. The van der Waals surface area contributed by atoms with Crippen LogP contribution in [0.1, 0.15) is 26.3 Å². The predicted octanol–water partition coefficient (Wildman–Crippen LogP) is 3.57. The first kappa shape index (κ1) is 16.6. The highest BCUT2D eigenvalue weighted by atomic mass is 32.2. The number of carbonyl (C=O) groups excluding carboxylic acids is 2. The van der Waals surface area contributed by atoms with Crippen molar-refractivity contribution in [3.05, 3.63) is 77.6 Å². The normalized spacial score (nSPS) is 13.3. The fourth-order valence-electron chi connectivity index (χ4n) is 3.04. The van der Waals surface area contributed by atoms with E-state index in [2.05, 4.69) is 24.0 Å². The Labute approximate surface area is 155 Å². The minimum absolute atomic E-state index is 0.215. The van der Waals surface area contributed by atoms with Gasteiger partial charge in [0, 0.05) is 30.4 Å². The highest BCUT2D eigenvalue weighted by Gasteiger charge is 2.34. The van der Waals surface area contributed by atoms with Crippen LogP contribution in [0.5, 0.6) is 0 Å². The number of thioether (sulfide) groups is 1. The lowest BCUT2D eigenvalue weighted by atomic mass is 10.1. The van der Waals surface area contributed by atoms with Crippen LogP contribution in [0, 0.1) is 6.92 Å². The van der Waals surface area contributed by atoms with Gasteiger partial charge >= 0.3 is 0 Å². The molecule has 5 nitrogen and oxygen atoms in total. The second-order valence-electron chi connectivity index (χ2n) is 6.07. The summed E-state index contributed by atoms with van der Waals surface area (Å²) in [6, 6.07) is 15.1. The topological polar surface area (TPSA) is 55.2 Å². The molecule has 0 unspecified atom stereocenters. The quantitative estimate of drug-likeness (QED) is 0.514. The van der Waals surface area contributed by atoms with Gasteiger partial charge in [-0.2, -0.15) is 0 Å². The molecule has 0 radical (unpaired) electrons. The Morgan fingerprint density at radius 3 is 2.42 bits per heavy atom. The second-order valence-corrected chi connectivity index (χ2v) is 7.14. The van der Waals surface area contributed by atoms with Crippen LogP contribution in [0.15, 0.2) is 66.1 Å². The Morgan fingerprint density at radius 1 is 1.00 bits per heavy atom. The number of aromatic nitrogens is 2. The zero-order chi connectivity index (χ0) is 18.1. The SMILES string of the molecule is Cc1cccc(-n2ccnc2SCCN2C(=O)c3ccccc3C2=O)c1. The largest absolute Gasteiger partial charge is 0.295 e. The number of benzene rings is 2. The molecule has 2 amide bonds. The van der Waals surface area contributed by atoms with Gasteiger partial charge in [-0.05, 0) is 36.8 Å². The summed E-state index contributed by atoms with van der Waals surface area (Å²) in [5.41, 5.74) is 3.21. The number of fused-ring (bicyclic) bond motifs is 1. The van der Waals surface area contributed by atoms with Gasteiger partial charge in [0.1, 0.15) is 0 Å². The monoisotopic (exact) mass is 363 g/mol. The van der Waals surface area contributed by atoms with E-state index < -0.39 is 0 Å². The van der Waals surface area contributed by atoms with Crippen LogP contribution in [-0.2, 0) is 0 Å². The number of hydrogen-bond acceptors (Lipinski definition) is 4. The molecule has 26 heavy (non-hydrogen) atoms. The number of amides is 2. The van der Waals surface area contributed by atoms with Gasteiger partial charge in [0.05, 0.1) is 11.1 Å². The van der Waals surface area contributed by atoms with E-state index in [0.29, 0.717) is 23.4 Å². The van der Waals surface area contributed by atoms with E-state index in [-0.39, 0.29) is 11.8 Å². The van der Waals surface area contributed by atoms with Crippen LogP contribution >= 0.6 is 11.8 Å². The zero-order valence-electron chi connectivity index (χ0n) is 14.3. The smallest absolute Gasteiger partial charge is 0.261 e. The number of carbonyl (C=O) groups is 2. The second kappa shape index (κ2) is 6.80. The molecule has 0 N–H and O–H groups in total. The summed E-state index contributed by atoms with van der Waals surface area (Å²) in [5, 5.41) is 0.840. The van der Waals surface area contributed by atoms with Gasteiger partial charge in [0.2, 0.25) is 0 Å². The summed E-state index contributed by atoms with van der Waals surface area (Å²) in [4.78, 5) is 30.5. The van der Waals surface area contributed by atoms with Crippen molar-refractivity contribution in [3.63, 3.8) is 0 Å². The van der Waals surface area contributed by atoms with Crippen LogP contribution in [0.2, 0.25) is 0 Å². The summed E-state index contributed by atoms with van der Waals surface area (Å²) >= 11 is 1.53. The first-order chi connectivity index (χ1) is 12.6. The highest BCUT2D eigenvalue weighted by molar-refractivity contribution is 7.99. The molecule has 0 bridgehead atoms. The molecule has 1 aromatic heterocycles. The van der Waals surface area contributed by atoms with Crippen molar-refractivity contribution in [2.24, 2.45) is 0 Å². The maximum atomic E-state index is 12.4. The highest BCUT2D eigenvalue weighted by Crippen LogP contribution is 2.25. The van der Waals surface area contributed by atoms with E-state index in [1.54, 1.807) is 30.5 Å². The average molecular weight is 363 g/mol. The van der Waals surface area contributed by atoms with Gasteiger partial charge in [-0.3, -0.25) is 19.1 Å². The lowest BCUT2D eigenvalue weighted by molar-refractivity contribution is 0.0664. The molecular weight excluding hydrogens is 346 g/mol. The molecule has 4 rings (SSSR count). The van der Waals surface area contributed by atoms with E-state index in [9.17, 15) is 9.59 Å². The van der Waals surface area contributed by atoms with Crippen LogP contribution in [0.4, 0.5) is 0 Å².